The Bertz CT molecular complexity index is 2600. The number of hydrogen-bond acceptors (Lipinski definition) is 2. The Morgan fingerprint density at radius 3 is 1.84 bits per heavy atom. The Morgan fingerprint density at radius 2 is 1.20 bits per heavy atom. The third-order valence-electron chi connectivity index (χ3n) is 12.6. The molecule has 9 rings (SSSR count). The number of rotatable bonds is 8. The largest absolute Gasteiger partial charge is 0.311 e. The highest BCUT2D eigenvalue weighted by molar-refractivity contribution is 5.99. The number of hydrogen-bond donors (Lipinski definition) is 0. The molecule has 0 spiro atoms. The van der Waals surface area contributed by atoms with Crippen LogP contribution in [0.2, 0.25) is 0 Å². The van der Waals surface area contributed by atoms with Crippen LogP contribution in [-0.2, 0) is 10.8 Å². The second kappa shape index (κ2) is 13.3. The maximum Gasteiger partial charge on any atom is 0.0540 e. The lowest BCUT2D eigenvalue weighted by atomic mass is 9.66. The molecule has 0 bridgehead atoms. The fourth-order valence-electron chi connectivity index (χ4n) is 9.65. The Morgan fingerprint density at radius 1 is 0.600 bits per heavy atom. The molecule has 0 saturated heterocycles. The van der Waals surface area contributed by atoms with Gasteiger partial charge in [0.1, 0.15) is 0 Å². The van der Waals surface area contributed by atoms with Gasteiger partial charge in [0.25, 0.3) is 0 Å². The summed E-state index contributed by atoms with van der Waals surface area (Å²) in [6, 6.07) is 46.6. The molecule has 55 heavy (non-hydrogen) atoms. The maximum atomic E-state index is 4.12. The monoisotopic (exact) mass is 712 g/mol. The van der Waals surface area contributed by atoms with Crippen molar-refractivity contribution in [2.45, 2.75) is 38.5 Å². The summed E-state index contributed by atoms with van der Waals surface area (Å²) >= 11 is 0. The molecule has 4 unspecified atom stereocenters. The van der Waals surface area contributed by atoms with Gasteiger partial charge in [-0.1, -0.05) is 162 Å². The highest BCUT2D eigenvalue weighted by Gasteiger charge is 2.53. The van der Waals surface area contributed by atoms with Gasteiger partial charge in [0.15, 0.2) is 0 Å². The molecule has 0 radical (unpaired) electrons. The highest BCUT2D eigenvalue weighted by atomic mass is 15.2. The fraction of sp³-hybridized carbons (Fsp3) is 0.170. The molecular weight excluding hydrogens is 665 g/mol. The minimum absolute atomic E-state index is 0.157. The molecule has 0 saturated carbocycles. The van der Waals surface area contributed by atoms with Crippen molar-refractivity contribution in [1.82, 2.24) is 0 Å². The summed E-state index contributed by atoms with van der Waals surface area (Å²) in [5.74, 6) is 0.895. The summed E-state index contributed by atoms with van der Waals surface area (Å²) in [4.78, 5) is 4.92. The van der Waals surface area contributed by atoms with E-state index in [0.29, 0.717) is 11.8 Å². The topological polar surface area (TPSA) is 6.48 Å². The molecule has 6 aromatic rings. The first kappa shape index (κ1) is 34.6. The van der Waals surface area contributed by atoms with E-state index in [1.807, 2.05) is 6.08 Å². The predicted molar refractivity (Wildman–Crippen MR) is 236 cm³/mol. The molecule has 0 heterocycles. The van der Waals surface area contributed by atoms with Crippen molar-refractivity contribution in [3.63, 3.8) is 0 Å². The lowest BCUT2D eigenvalue weighted by Crippen LogP contribution is -2.37. The number of anilines is 4. The number of nitrogens with zero attached hydrogens (tertiary/aromatic N) is 2. The van der Waals surface area contributed by atoms with E-state index in [1.165, 1.54) is 55.4 Å². The molecule has 3 aliphatic rings. The van der Waals surface area contributed by atoms with Gasteiger partial charge in [-0.25, -0.2) is 0 Å². The lowest BCUT2D eigenvalue weighted by molar-refractivity contribution is 0.322. The third-order valence-corrected chi connectivity index (χ3v) is 12.6. The SMILES string of the molecule is C=Cc1ccc(N(c2ccc3c(c2)C(C)(C)C2C=C(N(C4=CC(C)C(C=C)C=C4)c4cccc5ccccc45)C=CC32C)c2cccc3ccccc23)cc1. The van der Waals surface area contributed by atoms with Gasteiger partial charge in [-0.3, -0.25) is 0 Å². The average Bonchev–Trinajstić information content (AvgIpc) is 3.39. The fourth-order valence-corrected chi connectivity index (χ4v) is 9.65. The smallest absolute Gasteiger partial charge is 0.0540 e. The van der Waals surface area contributed by atoms with Gasteiger partial charge in [0.05, 0.1) is 11.4 Å². The van der Waals surface area contributed by atoms with E-state index in [0.717, 1.165) is 16.9 Å². The Hall–Kier alpha value is -6.12. The summed E-state index contributed by atoms with van der Waals surface area (Å²) < 4.78 is 0. The predicted octanol–water partition coefficient (Wildman–Crippen LogP) is 14.1. The summed E-state index contributed by atoms with van der Waals surface area (Å²) in [5, 5.41) is 4.93. The van der Waals surface area contributed by atoms with E-state index >= 15 is 0 Å². The van der Waals surface area contributed by atoms with Gasteiger partial charge in [-0.05, 0) is 87.3 Å². The normalized spacial score (nSPS) is 22.1. The molecule has 2 heteroatoms. The van der Waals surface area contributed by atoms with Gasteiger partial charge < -0.3 is 9.80 Å². The van der Waals surface area contributed by atoms with Crippen LogP contribution in [-0.4, -0.2) is 0 Å². The van der Waals surface area contributed by atoms with Crippen LogP contribution in [0.15, 0.2) is 194 Å². The Balaban J connectivity index is 1.18. The van der Waals surface area contributed by atoms with E-state index in [1.54, 1.807) is 0 Å². The highest BCUT2D eigenvalue weighted by Crippen LogP contribution is 2.58. The van der Waals surface area contributed by atoms with Crippen molar-refractivity contribution in [1.29, 1.82) is 0 Å². The van der Waals surface area contributed by atoms with Gasteiger partial charge in [-0.15, -0.1) is 6.58 Å². The molecule has 0 aromatic heterocycles. The molecule has 2 nitrogen and oxygen atoms in total. The zero-order valence-corrected chi connectivity index (χ0v) is 32.3. The standard InChI is InChI=1S/C53H48N2/c1-7-37-23-26-41(27-24-37)54(49-21-13-17-39-15-9-11-19-45(39)49)43-29-30-47-48(34-43)52(4,5)51-35-44(31-32-53(47,51)6)55(42-28-25-38(8-2)36(3)33-42)50-22-14-18-40-16-10-12-20-46(40)50/h7-36,38,51H,1-2H2,3-6H3. The maximum absolute atomic E-state index is 4.12. The first-order valence-electron chi connectivity index (χ1n) is 19.6. The minimum Gasteiger partial charge on any atom is -0.311 e. The van der Waals surface area contributed by atoms with E-state index in [2.05, 4.69) is 221 Å². The molecule has 4 atom stereocenters. The minimum atomic E-state index is -0.167. The van der Waals surface area contributed by atoms with Crippen molar-refractivity contribution in [3.05, 3.63) is 211 Å². The van der Waals surface area contributed by atoms with Gasteiger partial charge in [0, 0.05) is 50.8 Å². The lowest BCUT2D eigenvalue weighted by Gasteiger charge is -2.40. The number of fused-ring (bicyclic) bond motifs is 5. The Labute approximate surface area is 326 Å². The zero-order chi connectivity index (χ0) is 37.9. The molecule has 6 aromatic carbocycles. The van der Waals surface area contributed by atoms with Crippen LogP contribution in [0.5, 0.6) is 0 Å². The third kappa shape index (κ3) is 5.62. The van der Waals surface area contributed by atoms with Gasteiger partial charge in [0.2, 0.25) is 0 Å². The molecule has 3 aliphatic carbocycles. The average molecular weight is 713 g/mol. The van der Waals surface area contributed by atoms with E-state index in [4.69, 9.17) is 0 Å². The van der Waals surface area contributed by atoms with Crippen molar-refractivity contribution in [2.75, 3.05) is 9.80 Å². The first-order valence-corrected chi connectivity index (χ1v) is 19.6. The van der Waals surface area contributed by atoms with Crippen LogP contribution in [0.3, 0.4) is 0 Å². The summed E-state index contributed by atoms with van der Waals surface area (Å²) in [6.45, 7) is 17.7. The summed E-state index contributed by atoms with van der Waals surface area (Å²) in [6.07, 6.45) is 18.4. The zero-order valence-electron chi connectivity index (χ0n) is 32.3. The van der Waals surface area contributed by atoms with Crippen LogP contribution < -0.4 is 9.80 Å². The second-order valence-electron chi connectivity index (χ2n) is 16.2. The number of allylic oxidation sites excluding steroid dienone is 7. The van der Waals surface area contributed by atoms with Crippen molar-refractivity contribution < 1.29 is 0 Å². The molecule has 0 N–H and O–H groups in total. The van der Waals surface area contributed by atoms with Crippen molar-refractivity contribution in [2.24, 2.45) is 17.8 Å². The van der Waals surface area contributed by atoms with E-state index in [9.17, 15) is 0 Å². The first-order chi connectivity index (χ1) is 26.7. The molecule has 0 amide bonds. The molecule has 0 fully saturated rings. The van der Waals surface area contributed by atoms with Crippen molar-refractivity contribution >= 4 is 50.4 Å². The van der Waals surface area contributed by atoms with E-state index < -0.39 is 0 Å². The molecule has 0 aliphatic heterocycles. The summed E-state index contributed by atoms with van der Waals surface area (Å²) in [5.41, 5.74) is 10.6. The molecule has 270 valence electrons. The number of benzene rings is 6. The van der Waals surface area contributed by atoms with Gasteiger partial charge >= 0.3 is 0 Å². The van der Waals surface area contributed by atoms with Crippen LogP contribution in [0.1, 0.15) is 44.4 Å². The van der Waals surface area contributed by atoms with Crippen LogP contribution in [0, 0.1) is 17.8 Å². The van der Waals surface area contributed by atoms with Gasteiger partial charge in [-0.2, -0.15) is 0 Å². The van der Waals surface area contributed by atoms with Crippen molar-refractivity contribution in [3.8, 4) is 0 Å². The van der Waals surface area contributed by atoms with E-state index in [-0.39, 0.29) is 16.7 Å². The Kier molecular flexibility index (Phi) is 8.39. The van der Waals surface area contributed by atoms with Crippen LogP contribution >= 0.6 is 0 Å². The summed E-state index contributed by atoms with van der Waals surface area (Å²) in [7, 11) is 0. The molecular formula is C53H48N2. The van der Waals surface area contributed by atoms with Crippen LogP contribution in [0.4, 0.5) is 22.7 Å². The van der Waals surface area contributed by atoms with Crippen LogP contribution in [0.25, 0.3) is 27.6 Å². The quantitative estimate of drug-likeness (QED) is 0.145. The second-order valence-corrected chi connectivity index (χ2v) is 16.2.